The van der Waals surface area contributed by atoms with E-state index >= 15 is 0 Å². The van der Waals surface area contributed by atoms with E-state index < -0.39 is 0 Å². The van der Waals surface area contributed by atoms with Crippen LogP contribution in [0, 0.1) is 5.92 Å². The van der Waals surface area contributed by atoms with Crippen molar-refractivity contribution in [3.63, 3.8) is 0 Å². The fourth-order valence-corrected chi connectivity index (χ4v) is 1.45. The summed E-state index contributed by atoms with van der Waals surface area (Å²) in [5.74, 6) is 1.97. The zero-order valence-electron chi connectivity index (χ0n) is 6.99. The molecule has 1 saturated heterocycles. The second kappa shape index (κ2) is 2.66. The van der Waals surface area contributed by atoms with Gasteiger partial charge >= 0.3 is 0 Å². The molecule has 0 N–H and O–H groups in total. The van der Waals surface area contributed by atoms with Crippen molar-refractivity contribution in [2.45, 2.75) is 6.92 Å². The van der Waals surface area contributed by atoms with Crippen molar-refractivity contribution in [1.29, 1.82) is 0 Å². The topological polar surface area (TPSA) is 33.5 Å². The SMILES string of the molecule is CC1CN(c2ccc(C=O)o2)C1. The van der Waals surface area contributed by atoms with Gasteiger partial charge in [0.2, 0.25) is 0 Å². The third kappa shape index (κ3) is 1.11. The molecule has 2 heterocycles. The number of rotatable bonds is 2. The molecule has 2 rings (SSSR count). The maximum Gasteiger partial charge on any atom is 0.196 e. The lowest BCUT2D eigenvalue weighted by Gasteiger charge is -2.36. The Balaban J connectivity index is 2.08. The summed E-state index contributed by atoms with van der Waals surface area (Å²) in [6.07, 6.45) is 0.729. The minimum absolute atomic E-state index is 0.407. The number of hydrogen-bond donors (Lipinski definition) is 0. The number of hydrogen-bond acceptors (Lipinski definition) is 3. The van der Waals surface area contributed by atoms with Crippen LogP contribution in [0.4, 0.5) is 5.88 Å². The van der Waals surface area contributed by atoms with Crippen molar-refractivity contribution in [2.24, 2.45) is 5.92 Å². The molecule has 1 aliphatic heterocycles. The van der Waals surface area contributed by atoms with E-state index in [1.807, 2.05) is 6.07 Å². The first-order valence-electron chi connectivity index (χ1n) is 4.09. The van der Waals surface area contributed by atoms with Gasteiger partial charge in [0.25, 0.3) is 0 Å². The first-order valence-corrected chi connectivity index (χ1v) is 4.09. The number of aldehydes is 1. The number of nitrogens with zero attached hydrogens (tertiary/aromatic N) is 1. The molecule has 0 spiro atoms. The highest BCUT2D eigenvalue weighted by molar-refractivity contribution is 5.71. The van der Waals surface area contributed by atoms with Gasteiger partial charge in [0, 0.05) is 19.2 Å². The van der Waals surface area contributed by atoms with E-state index in [0.29, 0.717) is 5.76 Å². The van der Waals surface area contributed by atoms with E-state index in [2.05, 4.69) is 11.8 Å². The summed E-state index contributed by atoms with van der Waals surface area (Å²) in [5.41, 5.74) is 0. The second-order valence-corrected chi connectivity index (χ2v) is 3.30. The van der Waals surface area contributed by atoms with Crippen LogP contribution in [0.1, 0.15) is 17.5 Å². The van der Waals surface area contributed by atoms with Gasteiger partial charge in [-0.1, -0.05) is 6.92 Å². The van der Waals surface area contributed by atoms with E-state index in [0.717, 1.165) is 31.2 Å². The highest BCUT2D eigenvalue weighted by Crippen LogP contribution is 2.25. The van der Waals surface area contributed by atoms with Gasteiger partial charge in [-0.25, -0.2) is 0 Å². The van der Waals surface area contributed by atoms with Gasteiger partial charge in [-0.15, -0.1) is 0 Å². The molecule has 0 aliphatic carbocycles. The lowest BCUT2D eigenvalue weighted by Crippen LogP contribution is -2.44. The van der Waals surface area contributed by atoms with Crippen molar-refractivity contribution in [3.05, 3.63) is 17.9 Å². The zero-order chi connectivity index (χ0) is 8.55. The Morgan fingerprint density at radius 1 is 1.58 bits per heavy atom. The third-order valence-electron chi connectivity index (χ3n) is 2.10. The summed E-state index contributed by atoms with van der Waals surface area (Å²) in [4.78, 5) is 12.4. The molecule has 0 unspecified atom stereocenters. The number of anilines is 1. The molecule has 1 fully saturated rings. The highest BCUT2D eigenvalue weighted by atomic mass is 16.4. The summed E-state index contributed by atoms with van der Waals surface area (Å²) in [5, 5.41) is 0. The molecule has 1 aliphatic rings. The molecular formula is C9H11NO2. The minimum atomic E-state index is 0.407. The van der Waals surface area contributed by atoms with E-state index in [-0.39, 0.29) is 0 Å². The summed E-state index contributed by atoms with van der Waals surface area (Å²) in [6.45, 7) is 4.26. The van der Waals surface area contributed by atoms with Crippen molar-refractivity contribution in [2.75, 3.05) is 18.0 Å². The van der Waals surface area contributed by atoms with Gasteiger partial charge in [0.1, 0.15) is 0 Å². The Hall–Kier alpha value is -1.25. The monoisotopic (exact) mass is 165 g/mol. The van der Waals surface area contributed by atoms with E-state index in [1.165, 1.54) is 0 Å². The molecule has 0 bridgehead atoms. The van der Waals surface area contributed by atoms with E-state index in [4.69, 9.17) is 4.42 Å². The average molecular weight is 165 g/mol. The molecular weight excluding hydrogens is 154 g/mol. The molecule has 0 amide bonds. The molecule has 3 nitrogen and oxygen atoms in total. The zero-order valence-corrected chi connectivity index (χ0v) is 6.99. The van der Waals surface area contributed by atoms with Gasteiger partial charge in [-0.2, -0.15) is 0 Å². The molecule has 0 atom stereocenters. The van der Waals surface area contributed by atoms with Crippen LogP contribution in [-0.2, 0) is 0 Å². The molecule has 1 aromatic heterocycles. The normalized spacial score (nSPS) is 17.6. The van der Waals surface area contributed by atoms with Crippen molar-refractivity contribution >= 4 is 12.2 Å². The first kappa shape index (κ1) is 7.40. The largest absolute Gasteiger partial charge is 0.438 e. The van der Waals surface area contributed by atoms with Crippen molar-refractivity contribution < 1.29 is 9.21 Å². The Morgan fingerprint density at radius 3 is 2.83 bits per heavy atom. The Morgan fingerprint density at radius 2 is 2.33 bits per heavy atom. The number of furan rings is 1. The van der Waals surface area contributed by atoms with Gasteiger partial charge in [0.15, 0.2) is 17.9 Å². The molecule has 1 aromatic rings. The fraction of sp³-hybridized carbons (Fsp3) is 0.444. The van der Waals surface area contributed by atoms with Crippen molar-refractivity contribution in [3.8, 4) is 0 Å². The van der Waals surface area contributed by atoms with Crippen LogP contribution in [0.2, 0.25) is 0 Å². The first-order chi connectivity index (χ1) is 5.79. The minimum Gasteiger partial charge on any atom is -0.438 e. The number of carbonyl (C=O) groups is 1. The van der Waals surface area contributed by atoms with Crippen LogP contribution < -0.4 is 4.90 Å². The van der Waals surface area contributed by atoms with Crippen molar-refractivity contribution in [1.82, 2.24) is 0 Å². The highest BCUT2D eigenvalue weighted by Gasteiger charge is 2.24. The summed E-state index contributed by atoms with van der Waals surface area (Å²) in [6, 6.07) is 3.54. The summed E-state index contributed by atoms with van der Waals surface area (Å²) >= 11 is 0. The second-order valence-electron chi connectivity index (χ2n) is 3.30. The Bertz CT molecular complexity index is 286. The van der Waals surface area contributed by atoms with E-state index in [1.54, 1.807) is 6.07 Å². The Kier molecular flexibility index (Phi) is 1.64. The maximum absolute atomic E-state index is 10.3. The fourth-order valence-electron chi connectivity index (χ4n) is 1.45. The smallest absolute Gasteiger partial charge is 0.196 e. The predicted molar refractivity (Wildman–Crippen MR) is 45.5 cm³/mol. The van der Waals surface area contributed by atoms with Gasteiger partial charge in [-0.3, -0.25) is 4.79 Å². The van der Waals surface area contributed by atoms with Crippen LogP contribution in [0.15, 0.2) is 16.5 Å². The maximum atomic E-state index is 10.3. The van der Waals surface area contributed by atoms with Crippen LogP contribution in [0.3, 0.4) is 0 Å². The van der Waals surface area contributed by atoms with Gasteiger partial charge in [0.05, 0.1) is 0 Å². The van der Waals surface area contributed by atoms with Crippen LogP contribution in [-0.4, -0.2) is 19.4 Å². The summed E-state index contributed by atoms with van der Waals surface area (Å²) < 4.78 is 5.24. The number of carbonyl (C=O) groups excluding carboxylic acids is 1. The molecule has 0 aromatic carbocycles. The average Bonchev–Trinajstić information content (AvgIpc) is 2.46. The third-order valence-corrected chi connectivity index (χ3v) is 2.10. The molecule has 0 saturated carbocycles. The van der Waals surface area contributed by atoms with Crippen LogP contribution in [0.25, 0.3) is 0 Å². The molecule has 12 heavy (non-hydrogen) atoms. The molecule has 3 heteroatoms. The Labute approximate surface area is 71.0 Å². The van der Waals surface area contributed by atoms with Gasteiger partial charge < -0.3 is 9.32 Å². The lowest BCUT2D eigenvalue weighted by atomic mass is 10.0. The quantitative estimate of drug-likeness (QED) is 0.623. The summed E-state index contributed by atoms with van der Waals surface area (Å²) in [7, 11) is 0. The standard InChI is InChI=1S/C9H11NO2/c1-7-4-10(5-7)9-3-2-8(6-11)12-9/h2-3,6-7H,4-5H2,1H3. The van der Waals surface area contributed by atoms with E-state index in [9.17, 15) is 4.79 Å². The lowest BCUT2D eigenvalue weighted by molar-refractivity contribution is 0.110. The van der Waals surface area contributed by atoms with Crippen LogP contribution in [0.5, 0.6) is 0 Å². The molecule has 0 radical (unpaired) electrons. The van der Waals surface area contributed by atoms with Gasteiger partial charge in [-0.05, 0) is 12.0 Å². The van der Waals surface area contributed by atoms with Crippen LogP contribution >= 0.6 is 0 Å². The predicted octanol–water partition coefficient (Wildman–Crippen LogP) is 1.55. The molecule has 64 valence electrons.